The molecule has 0 saturated carbocycles. The van der Waals surface area contributed by atoms with Gasteiger partial charge in [0.1, 0.15) is 5.82 Å². The number of nitrogens with zero attached hydrogens (tertiary/aromatic N) is 5. The molecule has 0 bridgehead atoms. The van der Waals surface area contributed by atoms with Crippen molar-refractivity contribution >= 4 is 29.8 Å². The SMILES string of the molecule is CN1Cc2nc(-c3ncc4c(C(N)=O)cccn34)nc(NCc3cccc(B(O)O)c3)c2C1. The molecule has 0 saturated heterocycles. The summed E-state index contributed by atoms with van der Waals surface area (Å²) in [5, 5.41) is 22.3. The number of hydrogen-bond acceptors (Lipinski definition) is 8. The lowest BCUT2D eigenvalue weighted by molar-refractivity contribution is 0.100. The van der Waals surface area contributed by atoms with E-state index in [0.29, 0.717) is 53.6 Å². The smallest absolute Gasteiger partial charge is 0.423 e. The Morgan fingerprint density at radius 3 is 2.85 bits per heavy atom. The molecule has 0 aliphatic carbocycles. The molecule has 1 aromatic carbocycles. The van der Waals surface area contributed by atoms with Gasteiger partial charge in [-0.05, 0) is 30.2 Å². The Morgan fingerprint density at radius 1 is 1.21 bits per heavy atom. The lowest BCUT2D eigenvalue weighted by Gasteiger charge is -2.12. The van der Waals surface area contributed by atoms with Crippen molar-refractivity contribution in [2.24, 2.45) is 5.73 Å². The maximum atomic E-state index is 11.8. The molecule has 5 N–H and O–H groups in total. The Labute approximate surface area is 189 Å². The highest BCUT2D eigenvalue weighted by Gasteiger charge is 2.25. The first-order chi connectivity index (χ1) is 15.9. The fourth-order valence-electron chi connectivity index (χ4n) is 4.10. The van der Waals surface area contributed by atoms with Crippen LogP contribution >= 0.6 is 0 Å². The molecular weight excluding hydrogens is 421 g/mol. The predicted octanol–water partition coefficient (Wildman–Crippen LogP) is 0.127. The van der Waals surface area contributed by atoms with E-state index in [9.17, 15) is 14.8 Å². The maximum Gasteiger partial charge on any atom is 0.488 e. The number of nitrogens with two attached hydrogens (primary N) is 1. The highest BCUT2D eigenvalue weighted by molar-refractivity contribution is 6.58. The van der Waals surface area contributed by atoms with Crippen molar-refractivity contribution in [3.63, 3.8) is 0 Å². The van der Waals surface area contributed by atoms with E-state index in [2.05, 4.69) is 15.2 Å². The van der Waals surface area contributed by atoms with Gasteiger partial charge in [0.2, 0.25) is 0 Å². The Bertz CT molecular complexity index is 1370. The molecule has 33 heavy (non-hydrogen) atoms. The Kier molecular flexibility index (Phi) is 5.29. The molecule has 1 aliphatic rings. The lowest BCUT2D eigenvalue weighted by atomic mass is 9.79. The number of hydrogen-bond donors (Lipinski definition) is 4. The van der Waals surface area contributed by atoms with Crippen molar-refractivity contribution in [3.8, 4) is 11.6 Å². The van der Waals surface area contributed by atoms with Crippen LogP contribution in [0.3, 0.4) is 0 Å². The van der Waals surface area contributed by atoms with Crippen LogP contribution in [0.1, 0.15) is 27.2 Å². The Morgan fingerprint density at radius 2 is 2.06 bits per heavy atom. The molecule has 0 spiro atoms. The van der Waals surface area contributed by atoms with Gasteiger partial charge in [0.15, 0.2) is 11.6 Å². The van der Waals surface area contributed by atoms with Crippen molar-refractivity contribution in [2.75, 3.05) is 12.4 Å². The number of anilines is 1. The summed E-state index contributed by atoms with van der Waals surface area (Å²) in [6, 6.07) is 10.5. The standard InChI is InChI=1S/C22H22BN7O3/c1-29-11-16-17(12-29)27-21(22-26-10-18-15(19(24)31)6-3-7-30(18)22)28-20(16)25-9-13-4-2-5-14(8-13)23(32)33/h2-8,10,32-33H,9,11-12H2,1H3,(H2,24,31)(H,25,27,28). The van der Waals surface area contributed by atoms with Gasteiger partial charge in [-0.3, -0.25) is 14.1 Å². The number of aromatic nitrogens is 4. The zero-order chi connectivity index (χ0) is 23.1. The minimum atomic E-state index is -1.52. The first-order valence-corrected chi connectivity index (χ1v) is 10.4. The number of rotatable bonds is 6. The molecule has 1 amide bonds. The molecule has 0 atom stereocenters. The number of carbonyl (C=O) groups excluding carboxylic acids is 1. The molecule has 166 valence electrons. The number of amides is 1. The van der Waals surface area contributed by atoms with Gasteiger partial charge in [0, 0.05) is 31.4 Å². The van der Waals surface area contributed by atoms with E-state index in [1.807, 2.05) is 13.1 Å². The third-order valence-electron chi connectivity index (χ3n) is 5.69. The van der Waals surface area contributed by atoms with Crippen molar-refractivity contribution in [1.29, 1.82) is 0 Å². The zero-order valence-corrected chi connectivity index (χ0v) is 17.9. The second-order valence-electron chi connectivity index (χ2n) is 8.09. The summed E-state index contributed by atoms with van der Waals surface area (Å²) in [4.78, 5) is 28.0. The van der Waals surface area contributed by atoms with E-state index in [1.165, 1.54) is 0 Å². The van der Waals surface area contributed by atoms with Crippen LogP contribution in [-0.4, -0.2) is 54.4 Å². The molecule has 11 heteroatoms. The van der Waals surface area contributed by atoms with E-state index in [-0.39, 0.29) is 0 Å². The second-order valence-corrected chi connectivity index (χ2v) is 8.09. The molecular formula is C22H22BN7O3. The predicted molar refractivity (Wildman–Crippen MR) is 124 cm³/mol. The number of primary amides is 1. The van der Waals surface area contributed by atoms with Crippen molar-refractivity contribution in [3.05, 3.63) is 71.2 Å². The van der Waals surface area contributed by atoms with E-state index in [1.54, 1.807) is 47.1 Å². The third-order valence-corrected chi connectivity index (χ3v) is 5.69. The summed E-state index contributed by atoms with van der Waals surface area (Å²) in [5.74, 6) is 1.12. The van der Waals surface area contributed by atoms with Gasteiger partial charge >= 0.3 is 7.12 Å². The van der Waals surface area contributed by atoms with Gasteiger partial charge in [-0.2, -0.15) is 0 Å². The average Bonchev–Trinajstić information content (AvgIpc) is 3.40. The highest BCUT2D eigenvalue weighted by Crippen LogP contribution is 2.29. The fourth-order valence-corrected chi connectivity index (χ4v) is 4.10. The first-order valence-electron chi connectivity index (χ1n) is 10.4. The summed E-state index contributed by atoms with van der Waals surface area (Å²) in [7, 11) is 0.494. The monoisotopic (exact) mass is 443 g/mol. The molecule has 4 heterocycles. The number of pyridine rings is 1. The van der Waals surface area contributed by atoms with Gasteiger partial charge in [0.05, 0.1) is 23.0 Å². The van der Waals surface area contributed by atoms with Crippen LogP contribution < -0.4 is 16.5 Å². The summed E-state index contributed by atoms with van der Waals surface area (Å²) in [6.45, 7) is 1.84. The topological polar surface area (TPSA) is 142 Å². The number of carbonyl (C=O) groups is 1. The zero-order valence-electron chi connectivity index (χ0n) is 17.9. The highest BCUT2D eigenvalue weighted by atomic mass is 16.4. The van der Waals surface area contributed by atoms with E-state index in [0.717, 1.165) is 16.8 Å². The molecule has 3 aromatic heterocycles. The van der Waals surface area contributed by atoms with Gasteiger partial charge in [-0.1, -0.05) is 24.3 Å². The quantitative estimate of drug-likeness (QED) is 0.308. The molecule has 0 unspecified atom stereocenters. The average molecular weight is 443 g/mol. The summed E-state index contributed by atoms with van der Waals surface area (Å²) in [6.07, 6.45) is 3.39. The lowest BCUT2D eigenvalue weighted by Crippen LogP contribution is -2.30. The van der Waals surface area contributed by atoms with Crippen LogP contribution in [0, 0.1) is 0 Å². The first kappa shape index (κ1) is 21.1. The summed E-state index contributed by atoms with van der Waals surface area (Å²) < 4.78 is 1.76. The Hall–Kier alpha value is -3.80. The van der Waals surface area contributed by atoms with Crippen molar-refractivity contribution in [1.82, 2.24) is 24.3 Å². The van der Waals surface area contributed by atoms with Gasteiger partial charge < -0.3 is 21.1 Å². The fraction of sp³-hybridized carbons (Fsp3) is 0.182. The van der Waals surface area contributed by atoms with E-state index < -0.39 is 13.0 Å². The number of fused-ring (bicyclic) bond motifs is 2. The maximum absolute atomic E-state index is 11.8. The van der Waals surface area contributed by atoms with Gasteiger partial charge in [-0.15, -0.1) is 0 Å². The van der Waals surface area contributed by atoms with E-state index >= 15 is 0 Å². The normalized spacial score (nSPS) is 13.3. The molecule has 10 nitrogen and oxygen atoms in total. The minimum Gasteiger partial charge on any atom is -0.423 e. The van der Waals surface area contributed by atoms with Crippen LogP contribution in [0.2, 0.25) is 0 Å². The van der Waals surface area contributed by atoms with Crippen LogP contribution in [-0.2, 0) is 19.6 Å². The summed E-state index contributed by atoms with van der Waals surface area (Å²) >= 11 is 0. The molecule has 1 aliphatic heterocycles. The number of imidazole rings is 1. The van der Waals surface area contributed by atoms with Crippen LogP contribution in [0.5, 0.6) is 0 Å². The molecule has 0 radical (unpaired) electrons. The van der Waals surface area contributed by atoms with Gasteiger partial charge in [0.25, 0.3) is 5.91 Å². The van der Waals surface area contributed by atoms with E-state index in [4.69, 9.17) is 15.7 Å². The summed E-state index contributed by atoms with van der Waals surface area (Å²) in [5.41, 5.74) is 9.71. The largest absolute Gasteiger partial charge is 0.488 e. The molecule has 4 aromatic rings. The molecule has 0 fully saturated rings. The third kappa shape index (κ3) is 3.93. The second kappa shape index (κ2) is 8.28. The van der Waals surface area contributed by atoms with Gasteiger partial charge in [-0.25, -0.2) is 15.0 Å². The van der Waals surface area contributed by atoms with Crippen LogP contribution in [0.15, 0.2) is 48.8 Å². The minimum absolute atomic E-state index is 0.376. The molecule has 5 rings (SSSR count). The number of nitrogens with one attached hydrogen (secondary N) is 1. The van der Waals surface area contributed by atoms with Crippen LogP contribution in [0.25, 0.3) is 17.2 Å². The Balaban J connectivity index is 1.54. The number of benzene rings is 1. The van der Waals surface area contributed by atoms with Crippen LogP contribution in [0.4, 0.5) is 5.82 Å². The van der Waals surface area contributed by atoms with Crippen molar-refractivity contribution < 1.29 is 14.8 Å². The van der Waals surface area contributed by atoms with Crippen molar-refractivity contribution in [2.45, 2.75) is 19.6 Å².